The van der Waals surface area contributed by atoms with Gasteiger partial charge in [0.1, 0.15) is 17.3 Å². The Morgan fingerprint density at radius 2 is 1.70 bits per heavy atom. The molecule has 0 aliphatic carbocycles. The number of hydrogen-bond donors (Lipinski definition) is 2. The van der Waals surface area contributed by atoms with Crippen LogP contribution >= 0.6 is 34.8 Å². The fourth-order valence-electron chi connectivity index (χ4n) is 2.87. The normalized spacial score (nSPS) is 10.7. The minimum atomic E-state index is -0.461. The van der Waals surface area contributed by atoms with E-state index in [4.69, 9.17) is 39.5 Å². The summed E-state index contributed by atoms with van der Waals surface area (Å²) in [5.74, 6) is -0.395. The standard InChI is InChI=1S/C22H17Cl3FNO3/c1-27-22(29)11-30-14-9-19(24)17(20(25)10-14)7-12-2-5-21(28)16(6-12)15-8-13(26)3-4-18(15)23/h2-6,8-10,28H,7,11H2,1H3,(H,27,29). The van der Waals surface area contributed by atoms with E-state index in [1.54, 1.807) is 24.3 Å². The van der Waals surface area contributed by atoms with Gasteiger partial charge in [0.05, 0.1) is 0 Å². The van der Waals surface area contributed by atoms with Crippen LogP contribution in [0.4, 0.5) is 4.39 Å². The molecule has 0 heterocycles. The number of aromatic hydroxyl groups is 1. The highest BCUT2D eigenvalue weighted by Crippen LogP contribution is 2.37. The van der Waals surface area contributed by atoms with E-state index >= 15 is 0 Å². The maximum Gasteiger partial charge on any atom is 0.257 e. The quantitative estimate of drug-likeness (QED) is 0.475. The Bertz CT molecular complexity index is 1080. The first-order chi connectivity index (χ1) is 14.3. The van der Waals surface area contributed by atoms with Crippen molar-refractivity contribution in [2.75, 3.05) is 13.7 Å². The van der Waals surface area contributed by atoms with E-state index in [9.17, 15) is 14.3 Å². The molecule has 3 aromatic carbocycles. The molecule has 30 heavy (non-hydrogen) atoms. The second kappa shape index (κ2) is 9.56. The summed E-state index contributed by atoms with van der Waals surface area (Å²) in [5.41, 5.74) is 2.21. The van der Waals surface area contributed by atoms with Crippen molar-refractivity contribution in [1.29, 1.82) is 0 Å². The highest BCUT2D eigenvalue weighted by molar-refractivity contribution is 6.36. The van der Waals surface area contributed by atoms with Crippen molar-refractivity contribution in [3.05, 3.63) is 80.5 Å². The molecule has 4 nitrogen and oxygen atoms in total. The largest absolute Gasteiger partial charge is 0.507 e. The Morgan fingerprint density at radius 1 is 1.00 bits per heavy atom. The molecule has 0 fully saturated rings. The third-order valence-electron chi connectivity index (χ3n) is 4.42. The van der Waals surface area contributed by atoms with Crippen molar-refractivity contribution >= 4 is 40.7 Å². The first-order valence-electron chi connectivity index (χ1n) is 8.87. The van der Waals surface area contributed by atoms with Gasteiger partial charge in [-0.3, -0.25) is 4.79 Å². The van der Waals surface area contributed by atoms with E-state index in [0.29, 0.717) is 43.9 Å². The van der Waals surface area contributed by atoms with E-state index in [1.807, 2.05) is 0 Å². The lowest BCUT2D eigenvalue weighted by atomic mass is 9.98. The van der Waals surface area contributed by atoms with E-state index in [0.717, 1.165) is 5.56 Å². The molecule has 0 atom stereocenters. The zero-order valence-electron chi connectivity index (χ0n) is 15.8. The molecule has 1 amide bonds. The Labute approximate surface area is 188 Å². The summed E-state index contributed by atoms with van der Waals surface area (Å²) in [6.45, 7) is -0.155. The van der Waals surface area contributed by atoms with E-state index in [2.05, 4.69) is 5.32 Å². The van der Waals surface area contributed by atoms with Crippen molar-refractivity contribution < 1.29 is 19.0 Å². The smallest absolute Gasteiger partial charge is 0.257 e. The fraction of sp³-hybridized carbons (Fsp3) is 0.136. The second-order valence-corrected chi connectivity index (χ2v) is 7.70. The van der Waals surface area contributed by atoms with Crippen LogP contribution in [0, 0.1) is 5.82 Å². The Morgan fingerprint density at radius 3 is 2.37 bits per heavy atom. The van der Waals surface area contributed by atoms with Gasteiger partial charge in [-0.15, -0.1) is 0 Å². The number of rotatable bonds is 6. The van der Waals surface area contributed by atoms with Crippen molar-refractivity contribution in [3.8, 4) is 22.6 Å². The van der Waals surface area contributed by atoms with Crippen molar-refractivity contribution in [1.82, 2.24) is 5.32 Å². The third-order valence-corrected chi connectivity index (χ3v) is 5.43. The molecule has 0 unspecified atom stereocenters. The molecular formula is C22H17Cl3FNO3. The van der Waals surface area contributed by atoms with Gasteiger partial charge in [-0.1, -0.05) is 40.9 Å². The number of benzene rings is 3. The van der Waals surface area contributed by atoms with Crippen molar-refractivity contribution in [3.63, 3.8) is 0 Å². The number of hydrogen-bond acceptors (Lipinski definition) is 3. The Balaban J connectivity index is 1.90. The number of nitrogens with one attached hydrogen (secondary N) is 1. The van der Waals surface area contributed by atoms with Gasteiger partial charge in [0.15, 0.2) is 6.61 Å². The number of halogens is 4. The lowest BCUT2D eigenvalue weighted by Crippen LogP contribution is -2.24. The van der Waals surface area contributed by atoms with Gasteiger partial charge in [0, 0.05) is 39.7 Å². The number of carbonyl (C=O) groups is 1. The molecule has 0 radical (unpaired) electrons. The van der Waals surface area contributed by atoms with Crippen LogP contribution in [0.1, 0.15) is 11.1 Å². The van der Waals surface area contributed by atoms with Gasteiger partial charge in [-0.05, 0) is 53.6 Å². The highest BCUT2D eigenvalue weighted by Gasteiger charge is 2.14. The molecule has 0 bridgehead atoms. The van der Waals surface area contributed by atoms with Crippen LogP contribution in [0.2, 0.25) is 15.1 Å². The molecule has 3 aromatic rings. The molecule has 0 aromatic heterocycles. The summed E-state index contributed by atoms with van der Waals surface area (Å²) < 4.78 is 19.1. The molecule has 2 N–H and O–H groups in total. The molecule has 8 heteroatoms. The number of phenolic OH excluding ortho intramolecular Hbond substituents is 1. The number of likely N-dealkylation sites (N-methyl/N-ethyl adjacent to an activating group) is 1. The van der Waals surface area contributed by atoms with Crippen LogP contribution in [0.3, 0.4) is 0 Å². The maximum atomic E-state index is 13.7. The summed E-state index contributed by atoms with van der Waals surface area (Å²) in [6.07, 6.45) is 0.355. The topological polar surface area (TPSA) is 58.6 Å². The first kappa shape index (κ1) is 22.2. The second-order valence-electron chi connectivity index (χ2n) is 6.48. The van der Waals surface area contributed by atoms with Crippen molar-refractivity contribution in [2.45, 2.75) is 6.42 Å². The van der Waals surface area contributed by atoms with Crippen LogP contribution in [0.25, 0.3) is 11.1 Å². The van der Waals surface area contributed by atoms with Crippen molar-refractivity contribution in [2.24, 2.45) is 0 Å². The zero-order valence-corrected chi connectivity index (χ0v) is 18.1. The highest BCUT2D eigenvalue weighted by atomic mass is 35.5. The summed E-state index contributed by atoms with van der Waals surface area (Å²) in [7, 11) is 1.51. The molecule has 0 spiro atoms. The molecule has 3 rings (SSSR count). The van der Waals surface area contributed by atoms with Crippen LogP contribution in [0.5, 0.6) is 11.5 Å². The van der Waals surface area contributed by atoms with Crippen LogP contribution in [0.15, 0.2) is 48.5 Å². The third kappa shape index (κ3) is 5.17. The summed E-state index contributed by atoms with van der Waals surface area (Å²) in [4.78, 5) is 11.3. The SMILES string of the molecule is CNC(=O)COc1cc(Cl)c(Cc2ccc(O)c(-c3cc(F)ccc3Cl)c2)c(Cl)c1. The Hall–Kier alpha value is -2.47. The first-order valence-corrected chi connectivity index (χ1v) is 10.0. The molecule has 156 valence electrons. The predicted molar refractivity (Wildman–Crippen MR) is 117 cm³/mol. The predicted octanol–water partition coefficient (Wildman–Crippen LogP) is 5.87. The summed E-state index contributed by atoms with van der Waals surface area (Å²) in [6, 6.07) is 12.0. The Kier molecular flexibility index (Phi) is 7.08. The monoisotopic (exact) mass is 467 g/mol. The van der Waals surface area contributed by atoms with Crippen LogP contribution in [-0.4, -0.2) is 24.7 Å². The van der Waals surface area contributed by atoms with Gasteiger partial charge >= 0.3 is 0 Å². The minimum absolute atomic E-state index is 0.0265. The maximum absolute atomic E-state index is 13.7. The molecule has 0 saturated heterocycles. The number of ether oxygens (including phenoxy) is 1. The number of amides is 1. The lowest BCUT2D eigenvalue weighted by Gasteiger charge is -2.13. The van der Waals surface area contributed by atoms with Gasteiger partial charge in [-0.25, -0.2) is 4.39 Å². The van der Waals surface area contributed by atoms with E-state index < -0.39 is 5.82 Å². The molecule has 0 aliphatic rings. The van der Waals surface area contributed by atoms with Gasteiger partial charge in [0.2, 0.25) is 0 Å². The summed E-state index contributed by atoms with van der Waals surface area (Å²) in [5, 5.41) is 13.8. The summed E-state index contributed by atoms with van der Waals surface area (Å²) >= 11 is 18.9. The number of carbonyl (C=O) groups excluding carboxylic acids is 1. The molecule has 0 aliphatic heterocycles. The van der Waals surface area contributed by atoms with Gasteiger partial charge in [0.25, 0.3) is 5.91 Å². The molecule has 0 saturated carbocycles. The zero-order chi connectivity index (χ0) is 21.8. The lowest BCUT2D eigenvalue weighted by molar-refractivity contribution is -0.122. The van der Waals surface area contributed by atoms with E-state index in [-0.39, 0.29) is 18.3 Å². The minimum Gasteiger partial charge on any atom is -0.507 e. The van der Waals surface area contributed by atoms with Crippen LogP contribution < -0.4 is 10.1 Å². The average molecular weight is 469 g/mol. The van der Waals surface area contributed by atoms with E-state index in [1.165, 1.54) is 31.3 Å². The average Bonchev–Trinajstić information content (AvgIpc) is 2.72. The van der Waals surface area contributed by atoms with Gasteiger partial charge < -0.3 is 15.2 Å². The van der Waals surface area contributed by atoms with Crippen LogP contribution in [-0.2, 0) is 11.2 Å². The fourth-order valence-corrected chi connectivity index (χ4v) is 3.69. The van der Waals surface area contributed by atoms with Gasteiger partial charge in [-0.2, -0.15) is 0 Å². The number of phenols is 1. The molecular weight excluding hydrogens is 452 g/mol.